The number of rotatable bonds is 9. The second-order valence-electron chi connectivity index (χ2n) is 12.9. The average Bonchev–Trinajstić information content (AvgIpc) is 3.67. The van der Waals surface area contributed by atoms with Gasteiger partial charge in [-0.15, -0.1) is 0 Å². The van der Waals surface area contributed by atoms with Crippen molar-refractivity contribution in [2.45, 2.75) is 89.6 Å². The molecule has 0 amide bonds. The summed E-state index contributed by atoms with van der Waals surface area (Å²) in [5.74, 6) is 0.858. The van der Waals surface area contributed by atoms with E-state index in [9.17, 15) is 10.1 Å². The van der Waals surface area contributed by atoms with Gasteiger partial charge in [-0.1, -0.05) is 12.1 Å². The minimum Gasteiger partial charge on any atom is -0.397 e. The molecule has 2 aromatic carbocycles. The lowest BCUT2D eigenvalue weighted by molar-refractivity contribution is -0.384. The van der Waals surface area contributed by atoms with E-state index in [0.717, 1.165) is 94.1 Å². The van der Waals surface area contributed by atoms with Crippen LogP contribution in [0.25, 0.3) is 0 Å². The molecule has 0 aromatic heterocycles. The van der Waals surface area contributed by atoms with Gasteiger partial charge < -0.3 is 35.3 Å². The second-order valence-corrected chi connectivity index (χ2v) is 12.9. The molecule has 2 aliphatic carbocycles. The Morgan fingerprint density at radius 3 is 1.66 bits per heavy atom. The van der Waals surface area contributed by atoms with Crippen LogP contribution in [0.2, 0.25) is 0 Å². The number of nitro benzene ring substituents is 1. The van der Waals surface area contributed by atoms with E-state index in [1.54, 1.807) is 12.1 Å². The van der Waals surface area contributed by atoms with Crippen LogP contribution in [0, 0.1) is 35.8 Å². The van der Waals surface area contributed by atoms with E-state index in [0.29, 0.717) is 24.8 Å². The van der Waals surface area contributed by atoms with Crippen LogP contribution < -0.4 is 16.4 Å². The van der Waals surface area contributed by atoms with Gasteiger partial charge in [0.2, 0.25) is 0 Å². The van der Waals surface area contributed by atoms with Gasteiger partial charge in [-0.25, -0.2) is 0 Å². The lowest BCUT2D eigenvalue weighted by atomic mass is 9.83. The lowest BCUT2D eigenvalue weighted by Gasteiger charge is -2.35. The Bertz CT molecular complexity index is 1220. The highest BCUT2D eigenvalue weighted by atomic mass is 16.7. The summed E-state index contributed by atoms with van der Waals surface area (Å²) >= 11 is 0. The zero-order valence-corrected chi connectivity index (χ0v) is 26.4. The molecule has 4 N–H and O–H groups in total. The normalized spacial score (nSPS) is 22.5. The first-order valence-corrected chi connectivity index (χ1v) is 16.4. The molecule has 10 nitrogen and oxygen atoms in total. The zero-order chi connectivity index (χ0) is 31.0. The molecule has 2 heterocycles. The van der Waals surface area contributed by atoms with Crippen molar-refractivity contribution < 1.29 is 23.9 Å². The van der Waals surface area contributed by atoms with Crippen molar-refractivity contribution in [3.05, 3.63) is 57.6 Å². The molecule has 2 saturated heterocycles. The summed E-state index contributed by atoms with van der Waals surface area (Å²) < 4.78 is 23.0. The first-order valence-electron chi connectivity index (χ1n) is 16.4. The highest BCUT2D eigenvalue weighted by Crippen LogP contribution is 2.40. The van der Waals surface area contributed by atoms with Gasteiger partial charge in [-0.2, -0.15) is 0 Å². The molecule has 0 atom stereocenters. The molecule has 0 bridgehead atoms. The van der Waals surface area contributed by atoms with E-state index in [4.69, 9.17) is 24.7 Å². The number of aryl methyl sites for hydroxylation is 2. The van der Waals surface area contributed by atoms with Crippen LogP contribution in [-0.2, 0) is 18.9 Å². The Hall–Kier alpha value is -2.92. The van der Waals surface area contributed by atoms with Crippen LogP contribution in [-0.4, -0.2) is 56.0 Å². The van der Waals surface area contributed by atoms with Gasteiger partial charge in [-0.05, 0) is 93.5 Å². The number of nitrogens with one attached hydrogen (secondary N) is 2. The fourth-order valence-corrected chi connectivity index (χ4v) is 6.98. The molecule has 2 aromatic rings. The van der Waals surface area contributed by atoms with E-state index >= 15 is 0 Å². The average molecular weight is 611 g/mol. The van der Waals surface area contributed by atoms with Gasteiger partial charge in [0.05, 0.1) is 42.7 Å². The van der Waals surface area contributed by atoms with Crippen LogP contribution in [0.4, 0.5) is 22.7 Å². The van der Waals surface area contributed by atoms with Gasteiger partial charge in [0.25, 0.3) is 5.69 Å². The maximum absolute atomic E-state index is 11.1. The second kappa shape index (κ2) is 14.9. The summed E-state index contributed by atoms with van der Waals surface area (Å²) in [7, 11) is 0. The van der Waals surface area contributed by atoms with Gasteiger partial charge in [0, 0.05) is 44.8 Å². The number of anilines is 3. The standard InChI is InChI=1S/C17H24N2O4.C17H26N2O2/c1-13-2-3-16(19(20)21)15(12-13)18-9-6-14-4-7-17(8-5-14)22-10-11-23-17;1-13-2-3-15(18)16(12-13)19-9-6-14-4-7-17(8-5-14)20-10-11-21-17/h2-3,12,14,18H,4-11H2,1H3;2-3,12,14,19H,4-11,18H2,1H3. The first kappa shape index (κ1) is 32.5. The Balaban J connectivity index is 0.000000175. The fourth-order valence-electron chi connectivity index (χ4n) is 6.98. The molecule has 0 radical (unpaired) electrons. The first-order chi connectivity index (χ1) is 21.2. The number of hydrogen-bond acceptors (Lipinski definition) is 9. The number of hydrogen-bond donors (Lipinski definition) is 3. The van der Waals surface area contributed by atoms with Crippen molar-refractivity contribution in [2.24, 2.45) is 11.8 Å². The number of nitrogens with two attached hydrogens (primary N) is 1. The van der Waals surface area contributed by atoms with Crippen molar-refractivity contribution >= 4 is 22.7 Å². The summed E-state index contributed by atoms with van der Waals surface area (Å²) in [5, 5.41) is 17.8. The van der Waals surface area contributed by atoms with Crippen LogP contribution >= 0.6 is 0 Å². The molecule has 10 heteroatoms. The van der Waals surface area contributed by atoms with Crippen LogP contribution in [0.1, 0.15) is 75.3 Å². The van der Waals surface area contributed by atoms with Crippen LogP contribution in [0.3, 0.4) is 0 Å². The SMILES string of the molecule is Cc1ccc(N)c(NCCC2CCC3(CC2)OCCO3)c1.Cc1ccc([N+](=O)[O-])c(NCCC2CCC3(CC2)OCCO3)c1. The largest absolute Gasteiger partial charge is 0.397 e. The van der Waals surface area contributed by atoms with Crippen molar-refractivity contribution in [3.63, 3.8) is 0 Å². The molecule has 6 rings (SSSR count). The maximum Gasteiger partial charge on any atom is 0.292 e. The smallest absolute Gasteiger partial charge is 0.292 e. The summed E-state index contributed by atoms with van der Waals surface area (Å²) in [6.45, 7) is 8.71. The molecule has 2 saturated carbocycles. The fraction of sp³-hybridized carbons (Fsp3) is 0.647. The predicted octanol–water partition coefficient (Wildman–Crippen LogP) is 6.95. The third kappa shape index (κ3) is 8.62. The quantitative estimate of drug-likeness (QED) is 0.157. The molecule has 44 heavy (non-hydrogen) atoms. The van der Waals surface area contributed by atoms with Crippen LogP contribution in [0.5, 0.6) is 0 Å². The summed E-state index contributed by atoms with van der Waals surface area (Å²) in [4.78, 5) is 10.7. The van der Waals surface area contributed by atoms with Gasteiger partial charge >= 0.3 is 0 Å². The van der Waals surface area contributed by atoms with Crippen molar-refractivity contribution in [1.82, 2.24) is 0 Å². The van der Waals surface area contributed by atoms with Crippen molar-refractivity contribution in [3.8, 4) is 0 Å². The summed E-state index contributed by atoms with van der Waals surface area (Å²) in [6, 6.07) is 11.3. The minimum atomic E-state index is -0.332. The highest BCUT2D eigenvalue weighted by Gasteiger charge is 2.41. The van der Waals surface area contributed by atoms with Crippen LogP contribution in [0.15, 0.2) is 36.4 Å². The number of nitrogen functional groups attached to an aromatic ring is 1. The van der Waals surface area contributed by atoms with Gasteiger partial charge in [-0.3, -0.25) is 10.1 Å². The Morgan fingerprint density at radius 2 is 1.18 bits per heavy atom. The third-order valence-corrected chi connectivity index (χ3v) is 9.65. The van der Waals surface area contributed by atoms with E-state index in [2.05, 4.69) is 23.6 Å². The Labute approximate surface area is 261 Å². The van der Waals surface area contributed by atoms with E-state index < -0.39 is 0 Å². The Kier molecular flexibility index (Phi) is 11.0. The molecule has 4 aliphatic rings. The molecular weight excluding hydrogens is 560 g/mol. The van der Waals surface area contributed by atoms with E-state index in [1.165, 1.54) is 24.8 Å². The van der Waals surface area contributed by atoms with Crippen molar-refractivity contribution in [1.29, 1.82) is 0 Å². The lowest BCUT2D eigenvalue weighted by Crippen LogP contribution is -2.35. The summed E-state index contributed by atoms with van der Waals surface area (Å²) in [6.07, 6.45) is 10.8. The maximum atomic E-state index is 11.1. The molecular formula is C34H50N4O6. The van der Waals surface area contributed by atoms with E-state index in [1.807, 2.05) is 25.1 Å². The third-order valence-electron chi connectivity index (χ3n) is 9.65. The molecule has 242 valence electrons. The molecule has 2 aliphatic heterocycles. The number of ether oxygens (including phenoxy) is 4. The van der Waals surface area contributed by atoms with Crippen molar-refractivity contribution in [2.75, 3.05) is 55.9 Å². The molecule has 2 spiro atoms. The minimum absolute atomic E-state index is 0.144. The number of benzene rings is 2. The zero-order valence-electron chi connectivity index (χ0n) is 26.4. The molecule has 0 unspecified atom stereocenters. The number of nitro groups is 1. The predicted molar refractivity (Wildman–Crippen MR) is 173 cm³/mol. The van der Waals surface area contributed by atoms with Gasteiger partial charge in [0.15, 0.2) is 11.6 Å². The van der Waals surface area contributed by atoms with Gasteiger partial charge in [0.1, 0.15) is 5.69 Å². The number of nitrogens with zero attached hydrogens (tertiary/aromatic N) is 1. The summed E-state index contributed by atoms with van der Waals surface area (Å²) in [5.41, 5.74) is 10.9. The van der Waals surface area contributed by atoms with E-state index in [-0.39, 0.29) is 22.2 Å². The Morgan fingerprint density at radius 1 is 0.750 bits per heavy atom. The highest BCUT2D eigenvalue weighted by molar-refractivity contribution is 5.67. The molecule has 4 fully saturated rings. The monoisotopic (exact) mass is 610 g/mol. The topological polar surface area (TPSA) is 130 Å².